The number of hydrogen-bond donors (Lipinski definition) is 0. The first-order chi connectivity index (χ1) is 12.4. The zero-order chi connectivity index (χ0) is 18.7. The van der Waals surface area contributed by atoms with Crippen molar-refractivity contribution >= 4 is 21.0 Å². The molecule has 3 rings (SSSR count). The average molecular weight is 373 g/mol. The maximum Gasteiger partial charge on any atom is 0.336 e. The van der Waals surface area contributed by atoms with Gasteiger partial charge in [-0.05, 0) is 37.3 Å². The Morgan fingerprint density at radius 1 is 1.08 bits per heavy atom. The highest BCUT2D eigenvalue weighted by Gasteiger charge is 2.22. The van der Waals surface area contributed by atoms with Crippen molar-refractivity contribution in [3.05, 3.63) is 70.6 Å². The summed E-state index contributed by atoms with van der Waals surface area (Å²) in [7, 11) is -2.19. The Labute approximate surface area is 151 Å². The predicted molar refractivity (Wildman–Crippen MR) is 98.7 cm³/mol. The summed E-state index contributed by atoms with van der Waals surface area (Å²) in [6.07, 6.45) is 0. The molecule has 6 nitrogen and oxygen atoms in total. The topological polar surface area (TPSA) is 76.8 Å². The van der Waals surface area contributed by atoms with E-state index in [1.807, 2.05) is 31.2 Å². The van der Waals surface area contributed by atoms with Crippen molar-refractivity contribution in [3.8, 4) is 5.75 Å². The maximum atomic E-state index is 12.9. The Bertz CT molecular complexity index is 1090. The van der Waals surface area contributed by atoms with E-state index in [0.717, 1.165) is 5.56 Å². The number of nitrogens with zero attached hydrogens (tertiary/aromatic N) is 1. The average Bonchev–Trinajstić information content (AvgIpc) is 2.63. The number of sulfonamides is 1. The number of hydrogen-bond acceptors (Lipinski definition) is 5. The van der Waals surface area contributed by atoms with Gasteiger partial charge in [-0.15, -0.1) is 0 Å². The fourth-order valence-electron chi connectivity index (χ4n) is 2.65. The number of fused-ring (bicyclic) bond motifs is 1. The first kappa shape index (κ1) is 18.2. The van der Waals surface area contributed by atoms with Crippen LogP contribution >= 0.6 is 0 Å². The highest BCUT2D eigenvalue weighted by molar-refractivity contribution is 7.89. The number of para-hydroxylation sites is 1. The van der Waals surface area contributed by atoms with Crippen LogP contribution in [0.15, 0.2) is 68.7 Å². The second-order valence-corrected chi connectivity index (χ2v) is 7.80. The minimum atomic E-state index is -3.71. The fourth-order valence-corrected chi connectivity index (χ4v) is 3.83. The van der Waals surface area contributed by atoms with Crippen molar-refractivity contribution in [2.45, 2.75) is 18.4 Å². The van der Waals surface area contributed by atoms with Gasteiger partial charge < -0.3 is 9.15 Å². The van der Waals surface area contributed by atoms with Crippen LogP contribution in [0, 0.1) is 0 Å². The van der Waals surface area contributed by atoms with E-state index in [1.165, 1.54) is 35.6 Å². The molecule has 1 heterocycles. The predicted octanol–water partition coefficient (Wildman–Crippen LogP) is 3.01. The Kier molecular flexibility index (Phi) is 5.11. The van der Waals surface area contributed by atoms with E-state index in [4.69, 9.17) is 9.15 Å². The molecule has 0 amide bonds. The van der Waals surface area contributed by atoms with Gasteiger partial charge in [-0.1, -0.05) is 18.2 Å². The molecule has 0 saturated heterocycles. The summed E-state index contributed by atoms with van der Waals surface area (Å²) < 4.78 is 37.7. The molecule has 0 bridgehead atoms. The summed E-state index contributed by atoms with van der Waals surface area (Å²) in [5.41, 5.74) is 0.658. The standard InChI is InChI=1S/C19H19NO5S/c1-3-24-17-7-5-4-6-15(17)13-20(2)26(22,23)16-9-10-18-14(12-16)8-11-19(21)25-18/h4-12H,3,13H2,1-2H3. The normalized spacial score (nSPS) is 11.8. The molecule has 0 unspecified atom stereocenters. The van der Waals surface area contributed by atoms with E-state index in [2.05, 4.69) is 0 Å². The van der Waals surface area contributed by atoms with Gasteiger partial charge in [0, 0.05) is 30.6 Å². The molecule has 0 N–H and O–H groups in total. The molecule has 0 fully saturated rings. The van der Waals surface area contributed by atoms with E-state index in [0.29, 0.717) is 23.3 Å². The molecule has 26 heavy (non-hydrogen) atoms. The van der Waals surface area contributed by atoms with Crippen LogP contribution in [0.2, 0.25) is 0 Å². The minimum Gasteiger partial charge on any atom is -0.494 e. The van der Waals surface area contributed by atoms with E-state index in [1.54, 1.807) is 6.07 Å². The molecule has 2 aromatic carbocycles. The molecule has 0 atom stereocenters. The lowest BCUT2D eigenvalue weighted by molar-refractivity contribution is 0.332. The Balaban J connectivity index is 1.92. The molecule has 0 radical (unpaired) electrons. The first-order valence-corrected chi connectivity index (χ1v) is 9.57. The van der Waals surface area contributed by atoms with E-state index in [9.17, 15) is 13.2 Å². The molecule has 7 heteroatoms. The molecule has 136 valence electrons. The zero-order valence-electron chi connectivity index (χ0n) is 14.5. The quantitative estimate of drug-likeness (QED) is 0.621. The minimum absolute atomic E-state index is 0.134. The Hall–Kier alpha value is -2.64. The molecule has 3 aromatic rings. The Morgan fingerprint density at radius 2 is 1.85 bits per heavy atom. The van der Waals surface area contributed by atoms with Crippen LogP contribution in [0.4, 0.5) is 0 Å². The molecule has 0 aliphatic heterocycles. The zero-order valence-corrected chi connectivity index (χ0v) is 15.3. The molecule has 0 aliphatic rings. The first-order valence-electron chi connectivity index (χ1n) is 8.13. The summed E-state index contributed by atoms with van der Waals surface area (Å²) in [5, 5.41) is 0.550. The molecular formula is C19H19NO5S. The van der Waals surface area contributed by atoms with E-state index >= 15 is 0 Å². The third-order valence-corrected chi connectivity index (χ3v) is 5.76. The maximum absolute atomic E-state index is 12.9. The largest absolute Gasteiger partial charge is 0.494 e. The number of ether oxygens (including phenoxy) is 1. The van der Waals surface area contributed by atoms with Crippen molar-refractivity contribution in [2.75, 3.05) is 13.7 Å². The Morgan fingerprint density at radius 3 is 2.62 bits per heavy atom. The van der Waals surface area contributed by atoms with Gasteiger partial charge in [-0.2, -0.15) is 4.31 Å². The molecule has 0 spiro atoms. The van der Waals surface area contributed by atoms with Gasteiger partial charge in [-0.25, -0.2) is 13.2 Å². The molecular weight excluding hydrogens is 354 g/mol. The third kappa shape index (κ3) is 3.63. The number of rotatable bonds is 6. The van der Waals surface area contributed by atoms with Crippen LogP contribution in [0.3, 0.4) is 0 Å². The smallest absolute Gasteiger partial charge is 0.336 e. The molecule has 0 saturated carbocycles. The molecule has 1 aromatic heterocycles. The van der Waals surface area contributed by atoms with Gasteiger partial charge in [0.1, 0.15) is 11.3 Å². The van der Waals surface area contributed by atoms with Gasteiger partial charge in [0.05, 0.1) is 11.5 Å². The van der Waals surface area contributed by atoms with E-state index < -0.39 is 15.6 Å². The van der Waals surface area contributed by atoms with Crippen LogP contribution in [0.5, 0.6) is 5.75 Å². The van der Waals surface area contributed by atoms with Gasteiger partial charge >= 0.3 is 5.63 Å². The van der Waals surface area contributed by atoms with Gasteiger partial charge in [0.25, 0.3) is 0 Å². The molecule has 0 aliphatic carbocycles. The fraction of sp³-hybridized carbons (Fsp3) is 0.211. The van der Waals surface area contributed by atoms with Gasteiger partial charge in [-0.3, -0.25) is 0 Å². The van der Waals surface area contributed by atoms with Crippen molar-refractivity contribution < 1.29 is 17.6 Å². The highest BCUT2D eigenvalue weighted by Crippen LogP contribution is 2.24. The van der Waals surface area contributed by atoms with Crippen molar-refractivity contribution in [1.29, 1.82) is 0 Å². The van der Waals surface area contributed by atoms with Crippen LogP contribution in [-0.2, 0) is 16.6 Å². The van der Waals surface area contributed by atoms with Crippen LogP contribution in [0.1, 0.15) is 12.5 Å². The summed E-state index contributed by atoms with van der Waals surface area (Å²) in [6.45, 7) is 2.56. The van der Waals surface area contributed by atoms with Crippen molar-refractivity contribution in [1.82, 2.24) is 4.31 Å². The van der Waals surface area contributed by atoms with Crippen molar-refractivity contribution in [2.24, 2.45) is 0 Å². The SMILES string of the molecule is CCOc1ccccc1CN(C)S(=O)(=O)c1ccc2oc(=O)ccc2c1. The monoisotopic (exact) mass is 373 g/mol. The van der Waals surface area contributed by atoms with Crippen LogP contribution in [-0.4, -0.2) is 26.4 Å². The highest BCUT2D eigenvalue weighted by atomic mass is 32.2. The third-order valence-electron chi connectivity index (χ3n) is 3.96. The van der Waals surface area contributed by atoms with Gasteiger partial charge in [0.2, 0.25) is 10.0 Å². The summed E-state index contributed by atoms with van der Waals surface area (Å²) >= 11 is 0. The van der Waals surface area contributed by atoms with Gasteiger partial charge in [0.15, 0.2) is 0 Å². The second kappa shape index (κ2) is 7.31. The lowest BCUT2D eigenvalue weighted by Gasteiger charge is -2.19. The summed E-state index contributed by atoms with van der Waals surface area (Å²) in [6, 6.07) is 14.6. The number of benzene rings is 2. The summed E-state index contributed by atoms with van der Waals surface area (Å²) in [4.78, 5) is 11.4. The second-order valence-electron chi connectivity index (χ2n) is 5.76. The van der Waals surface area contributed by atoms with E-state index in [-0.39, 0.29) is 11.4 Å². The lowest BCUT2D eigenvalue weighted by atomic mass is 10.2. The van der Waals surface area contributed by atoms with Crippen LogP contribution in [0.25, 0.3) is 11.0 Å². The summed E-state index contributed by atoms with van der Waals surface area (Å²) in [5.74, 6) is 0.664. The van der Waals surface area contributed by atoms with Crippen molar-refractivity contribution in [3.63, 3.8) is 0 Å². The van der Waals surface area contributed by atoms with Crippen LogP contribution < -0.4 is 10.4 Å². The lowest BCUT2D eigenvalue weighted by Crippen LogP contribution is -2.26.